The number of benzene rings is 1. The van der Waals surface area contributed by atoms with Crippen LogP contribution >= 0.6 is 12.6 Å². The summed E-state index contributed by atoms with van der Waals surface area (Å²) in [5.74, 6) is -0.0530. The van der Waals surface area contributed by atoms with Crippen molar-refractivity contribution in [2.24, 2.45) is 0 Å². The molecule has 0 saturated carbocycles. The minimum absolute atomic E-state index is 0.0530. The van der Waals surface area contributed by atoms with Gasteiger partial charge in [-0.2, -0.15) is 0 Å². The average molecular weight is 252 g/mol. The molecule has 0 fully saturated rings. The SMILES string of the molecule is CCN(CC)CCNC(=O)c1ccccc1S. The predicted molar refractivity (Wildman–Crippen MR) is 73.8 cm³/mol. The van der Waals surface area contributed by atoms with Crippen molar-refractivity contribution in [1.82, 2.24) is 10.2 Å². The molecule has 1 aromatic carbocycles. The fraction of sp³-hybridized carbons (Fsp3) is 0.462. The summed E-state index contributed by atoms with van der Waals surface area (Å²) in [6, 6.07) is 7.32. The molecule has 0 saturated heterocycles. The smallest absolute Gasteiger partial charge is 0.252 e. The first kappa shape index (κ1) is 14.1. The number of amides is 1. The molecule has 0 radical (unpaired) electrons. The maximum atomic E-state index is 11.8. The van der Waals surface area contributed by atoms with Gasteiger partial charge in [0.15, 0.2) is 0 Å². The number of nitrogens with one attached hydrogen (secondary N) is 1. The highest BCUT2D eigenvalue weighted by atomic mass is 32.1. The monoisotopic (exact) mass is 252 g/mol. The van der Waals surface area contributed by atoms with Crippen molar-refractivity contribution in [1.29, 1.82) is 0 Å². The molecule has 3 nitrogen and oxygen atoms in total. The van der Waals surface area contributed by atoms with Gasteiger partial charge in [-0.25, -0.2) is 0 Å². The topological polar surface area (TPSA) is 32.3 Å². The second-order valence-electron chi connectivity index (χ2n) is 3.80. The van der Waals surface area contributed by atoms with Crippen LogP contribution in [0.25, 0.3) is 0 Å². The summed E-state index contributed by atoms with van der Waals surface area (Å²) in [5.41, 5.74) is 0.635. The van der Waals surface area contributed by atoms with Crippen LogP contribution in [0.5, 0.6) is 0 Å². The molecular formula is C13H20N2OS. The Morgan fingerprint density at radius 2 is 1.94 bits per heavy atom. The lowest BCUT2D eigenvalue weighted by atomic mass is 10.2. The highest BCUT2D eigenvalue weighted by molar-refractivity contribution is 7.80. The molecule has 0 aliphatic carbocycles. The molecule has 0 aliphatic heterocycles. The number of likely N-dealkylation sites (N-methyl/N-ethyl adjacent to an activating group) is 1. The second kappa shape index (κ2) is 7.35. The van der Waals surface area contributed by atoms with Crippen molar-refractivity contribution < 1.29 is 4.79 Å². The first-order chi connectivity index (χ1) is 8.19. The maximum absolute atomic E-state index is 11.8. The first-order valence-corrected chi connectivity index (χ1v) is 6.42. The molecule has 1 N–H and O–H groups in total. The summed E-state index contributed by atoms with van der Waals surface area (Å²) in [7, 11) is 0. The van der Waals surface area contributed by atoms with Crippen molar-refractivity contribution in [3.63, 3.8) is 0 Å². The zero-order valence-electron chi connectivity index (χ0n) is 10.4. The number of nitrogens with zero attached hydrogens (tertiary/aromatic N) is 1. The summed E-state index contributed by atoms with van der Waals surface area (Å²) in [6.07, 6.45) is 0. The third kappa shape index (κ3) is 4.40. The van der Waals surface area contributed by atoms with Crippen molar-refractivity contribution in [2.45, 2.75) is 18.7 Å². The quantitative estimate of drug-likeness (QED) is 0.760. The van der Waals surface area contributed by atoms with Gasteiger partial charge < -0.3 is 10.2 Å². The fourth-order valence-electron chi connectivity index (χ4n) is 1.63. The molecule has 0 aliphatic rings. The van der Waals surface area contributed by atoms with Crippen LogP contribution in [0, 0.1) is 0 Å². The van der Waals surface area contributed by atoms with Gasteiger partial charge >= 0.3 is 0 Å². The third-order valence-electron chi connectivity index (χ3n) is 2.76. The van der Waals surface area contributed by atoms with E-state index in [2.05, 4.69) is 36.7 Å². The van der Waals surface area contributed by atoms with Gasteiger partial charge in [-0.1, -0.05) is 26.0 Å². The normalized spacial score (nSPS) is 10.6. The zero-order valence-corrected chi connectivity index (χ0v) is 11.3. The summed E-state index contributed by atoms with van der Waals surface area (Å²) >= 11 is 4.27. The average Bonchev–Trinajstić information content (AvgIpc) is 2.35. The van der Waals surface area contributed by atoms with Crippen LogP contribution in [-0.2, 0) is 0 Å². The number of hydrogen-bond acceptors (Lipinski definition) is 3. The Morgan fingerprint density at radius 1 is 1.29 bits per heavy atom. The summed E-state index contributed by atoms with van der Waals surface area (Å²) in [4.78, 5) is 14.8. The Hall–Kier alpha value is -1.00. The van der Waals surface area contributed by atoms with Gasteiger partial charge in [0.2, 0.25) is 0 Å². The summed E-state index contributed by atoms with van der Waals surface area (Å²) in [5, 5.41) is 2.91. The van der Waals surface area contributed by atoms with Crippen LogP contribution < -0.4 is 5.32 Å². The van der Waals surface area contributed by atoms with Gasteiger partial charge in [-0.3, -0.25) is 4.79 Å². The number of carbonyl (C=O) groups is 1. The Bertz CT molecular complexity index is 364. The predicted octanol–water partition coefficient (Wildman–Crippen LogP) is 2.05. The molecule has 0 atom stereocenters. The standard InChI is InChI=1S/C13H20N2OS/c1-3-15(4-2)10-9-14-13(16)11-7-5-6-8-12(11)17/h5-8,17H,3-4,9-10H2,1-2H3,(H,14,16). The van der Waals surface area contributed by atoms with Gasteiger partial charge in [0, 0.05) is 18.0 Å². The lowest BCUT2D eigenvalue weighted by Crippen LogP contribution is -2.34. The third-order valence-corrected chi connectivity index (χ3v) is 3.15. The van der Waals surface area contributed by atoms with Crippen LogP contribution in [0.4, 0.5) is 0 Å². The van der Waals surface area contributed by atoms with E-state index in [-0.39, 0.29) is 5.91 Å². The highest BCUT2D eigenvalue weighted by Gasteiger charge is 2.08. The number of carbonyl (C=O) groups excluding carboxylic acids is 1. The van der Waals surface area contributed by atoms with Crippen LogP contribution in [0.3, 0.4) is 0 Å². The molecule has 0 heterocycles. The molecule has 1 rings (SSSR count). The Kier molecular flexibility index (Phi) is 6.08. The van der Waals surface area contributed by atoms with Crippen LogP contribution in [0.15, 0.2) is 29.2 Å². The van der Waals surface area contributed by atoms with Gasteiger partial charge in [0.05, 0.1) is 5.56 Å². The fourth-order valence-corrected chi connectivity index (χ4v) is 1.89. The van der Waals surface area contributed by atoms with Crippen LogP contribution in [0.2, 0.25) is 0 Å². The van der Waals surface area contributed by atoms with E-state index < -0.39 is 0 Å². The molecule has 1 aromatic rings. The zero-order chi connectivity index (χ0) is 12.7. The number of thiol groups is 1. The first-order valence-electron chi connectivity index (χ1n) is 5.97. The molecular weight excluding hydrogens is 232 g/mol. The van der Waals surface area contributed by atoms with Crippen LogP contribution in [-0.4, -0.2) is 37.0 Å². The van der Waals surface area contributed by atoms with E-state index in [1.165, 1.54) is 0 Å². The van der Waals surface area contributed by atoms with Crippen molar-refractivity contribution in [3.8, 4) is 0 Å². The lowest BCUT2D eigenvalue weighted by molar-refractivity contribution is 0.0946. The van der Waals surface area contributed by atoms with E-state index in [1.807, 2.05) is 18.2 Å². The van der Waals surface area contributed by atoms with E-state index >= 15 is 0 Å². The van der Waals surface area contributed by atoms with Crippen molar-refractivity contribution >= 4 is 18.5 Å². The van der Waals surface area contributed by atoms with Crippen LogP contribution in [0.1, 0.15) is 24.2 Å². The molecule has 0 aromatic heterocycles. The molecule has 4 heteroatoms. The summed E-state index contributed by atoms with van der Waals surface area (Å²) < 4.78 is 0. The second-order valence-corrected chi connectivity index (χ2v) is 4.28. The van der Waals surface area contributed by atoms with Gasteiger partial charge in [-0.15, -0.1) is 12.6 Å². The van der Waals surface area contributed by atoms with E-state index in [4.69, 9.17) is 0 Å². The molecule has 0 spiro atoms. The van der Waals surface area contributed by atoms with Gasteiger partial charge in [0.1, 0.15) is 0 Å². The van der Waals surface area contributed by atoms with Gasteiger partial charge in [-0.05, 0) is 25.2 Å². The van der Waals surface area contributed by atoms with E-state index in [0.29, 0.717) is 17.0 Å². The Labute approximate surface area is 109 Å². The number of hydrogen-bond donors (Lipinski definition) is 2. The minimum atomic E-state index is -0.0530. The molecule has 0 unspecified atom stereocenters. The Morgan fingerprint density at radius 3 is 2.53 bits per heavy atom. The summed E-state index contributed by atoms with van der Waals surface area (Å²) in [6.45, 7) is 7.81. The van der Waals surface area contributed by atoms with E-state index in [0.717, 1.165) is 19.6 Å². The lowest BCUT2D eigenvalue weighted by Gasteiger charge is -2.18. The molecule has 94 valence electrons. The molecule has 0 bridgehead atoms. The number of rotatable bonds is 6. The molecule has 1 amide bonds. The largest absolute Gasteiger partial charge is 0.351 e. The minimum Gasteiger partial charge on any atom is -0.351 e. The molecule has 17 heavy (non-hydrogen) atoms. The van der Waals surface area contributed by atoms with Crippen molar-refractivity contribution in [2.75, 3.05) is 26.2 Å². The van der Waals surface area contributed by atoms with E-state index in [1.54, 1.807) is 6.07 Å². The maximum Gasteiger partial charge on any atom is 0.252 e. The Balaban J connectivity index is 2.43. The van der Waals surface area contributed by atoms with Gasteiger partial charge in [0.25, 0.3) is 5.91 Å². The van der Waals surface area contributed by atoms with E-state index in [9.17, 15) is 4.79 Å². The van der Waals surface area contributed by atoms with Crippen molar-refractivity contribution in [3.05, 3.63) is 29.8 Å². The highest BCUT2D eigenvalue weighted by Crippen LogP contribution is 2.12.